The molecule has 2 aromatic rings. The molecule has 1 aromatic carbocycles. The Morgan fingerprint density at radius 3 is 2.71 bits per heavy atom. The Kier molecular flexibility index (Phi) is 4.60. The zero-order chi connectivity index (χ0) is 17.3. The Labute approximate surface area is 141 Å². The second kappa shape index (κ2) is 6.67. The molecule has 1 saturated heterocycles. The lowest BCUT2D eigenvalue weighted by atomic mass is 9.87. The molecule has 2 atom stereocenters. The summed E-state index contributed by atoms with van der Waals surface area (Å²) in [6.45, 7) is 5.95. The number of benzene rings is 1. The van der Waals surface area contributed by atoms with Crippen molar-refractivity contribution in [2.45, 2.75) is 33.2 Å². The number of fused-ring (bicyclic) bond motifs is 1. The van der Waals surface area contributed by atoms with E-state index in [0.717, 1.165) is 23.0 Å². The number of carbonyl (C=O) groups excluding carboxylic acids is 1. The van der Waals surface area contributed by atoms with Crippen molar-refractivity contribution in [2.75, 3.05) is 13.1 Å². The molecule has 0 radical (unpaired) electrons. The van der Waals surface area contributed by atoms with Crippen molar-refractivity contribution in [3.8, 4) is 0 Å². The standard InChI is InChI=1S/C19H24N2O3/c1-3-20-12-14(16-6-4-5-7-17(16)20)10-18(22)21-9-8-15(19(23)24)13(2)11-21/h4-7,12-13,15H,3,8-11H2,1-2H3,(H,23,24). The molecule has 3 rings (SSSR count). The summed E-state index contributed by atoms with van der Waals surface area (Å²) < 4.78 is 2.16. The highest BCUT2D eigenvalue weighted by Gasteiger charge is 2.33. The van der Waals surface area contributed by atoms with Crippen LogP contribution in [0.5, 0.6) is 0 Å². The van der Waals surface area contributed by atoms with Gasteiger partial charge in [0.15, 0.2) is 0 Å². The van der Waals surface area contributed by atoms with Crippen molar-refractivity contribution in [2.24, 2.45) is 11.8 Å². The summed E-state index contributed by atoms with van der Waals surface area (Å²) in [5, 5.41) is 10.3. The summed E-state index contributed by atoms with van der Waals surface area (Å²) >= 11 is 0. The highest BCUT2D eigenvalue weighted by atomic mass is 16.4. The van der Waals surface area contributed by atoms with Gasteiger partial charge in [0.2, 0.25) is 5.91 Å². The lowest BCUT2D eigenvalue weighted by Gasteiger charge is -2.35. The number of piperidine rings is 1. The monoisotopic (exact) mass is 328 g/mol. The molecule has 1 aliphatic heterocycles. The molecule has 1 amide bonds. The number of hydrogen-bond donors (Lipinski definition) is 1. The molecule has 1 fully saturated rings. The average molecular weight is 328 g/mol. The molecule has 0 saturated carbocycles. The molecule has 0 bridgehead atoms. The summed E-state index contributed by atoms with van der Waals surface area (Å²) in [6, 6.07) is 8.14. The molecule has 5 nitrogen and oxygen atoms in total. The molecule has 1 aromatic heterocycles. The third kappa shape index (κ3) is 3.03. The van der Waals surface area contributed by atoms with Gasteiger partial charge in [-0.1, -0.05) is 25.1 Å². The molecule has 0 spiro atoms. The third-order valence-electron chi connectivity index (χ3n) is 5.13. The van der Waals surface area contributed by atoms with Crippen LogP contribution >= 0.6 is 0 Å². The van der Waals surface area contributed by atoms with E-state index in [4.69, 9.17) is 0 Å². The zero-order valence-corrected chi connectivity index (χ0v) is 14.2. The normalized spacial score (nSPS) is 21.2. The first kappa shape index (κ1) is 16.6. The van der Waals surface area contributed by atoms with Crippen LogP contribution in [0.4, 0.5) is 0 Å². The van der Waals surface area contributed by atoms with E-state index in [1.165, 1.54) is 0 Å². The van der Waals surface area contributed by atoms with E-state index < -0.39 is 5.97 Å². The number of carboxylic acids is 1. The number of aryl methyl sites for hydroxylation is 1. The van der Waals surface area contributed by atoms with Gasteiger partial charge in [0.1, 0.15) is 0 Å². The minimum atomic E-state index is -0.749. The van der Waals surface area contributed by atoms with Gasteiger partial charge in [-0.05, 0) is 30.9 Å². The second-order valence-corrected chi connectivity index (χ2v) is 6.68. The van der Waals surface area contributed by atoms with Crippen LogP contribution in [0.1, 0.15) is 25.8 Å². The van der Waals surface area contributed by atoms with Crippen LogP contribution in [-0.4, -0.2) is 39.5 Å². The fourth-order valence-corrected chi connectivity index (χ4v) is 3.74. The SMILES string of the molecule is CCn1cc(CC(=O)N2CCC(C(=O)O)C(C)C2)c2ccccc21. The predicted octanol–water partition coefficient (Wildman–Crippen LogP) is 2.77. The number of nitrogens with zero attached hydrogens (tertiary/aromatic N) is 2. The van der Waals surface area contributed by atoms with Crippen LogP contribution in [0.25, 0.3) is 10.9 Å². The maximum Gasteiger partial charge on any atom is 0.306 e. The minimum Gasteiger partial charge on any atom is -0.481 e. The van der Waals surface area contributed by atoms with Crippen molar-refractivity contribution in [3.05, 3.63) is 36.0 Å². The van der Waals surface area contributed by atoms with Crippen molar-refractivity contribution in [1.29, 1.82) is 0 Å². The molecule has 128 valence electrons. The topological polar surface area (TPSA) is 62.5 Å². The Hall–Kier alpha value is -2.30. The number of likely N-dealkylation sites (tertiary alicyclic amines) is 1. The first-order chi connectivity index (χ1) is 11.5. The van der Waals surface area contributed by atoms with Gasteiger partial charge < -0.3 is 14.6 Å². The maximum absolute atomic E-state index is 12.7. The first-order valence-electron chi connectivity index (χ1n) is 8.58. The fraction of sp³-hybridized carbons (Fsp3) is 0.474. The third-order valence-corrected chi connectivity index (χ3v) is 5.13. The van der Waals surface area contributed by atoms with Gasteiger partial charge in [-0.3, -0.25) is 9.59 Å². The number of para-hydroxylation sites is 1. The number of rotatable bonds is 4. The van der Waals surface area contributed by atoms with E-state index in [-0.39, 0.29) is 17.7 Å². The second-order valence-electron chi connectivity index (χ2n) is 6.68. The Morgan fingerprint density at radius 1 is 1.29 bits per heavy atom. The number of amides is 1. The van der Waals surface area contributed by atoms with Crippen LogP contribution in [0.3, 0.4) is 0 Å². The fourth-order valence-electron chi connectivity index (χ4n) is 3.74. The van der Waals surface area contributed by atoms with Gasteiger partial charge in [0.25, 0.3) is 0 Å². The van der Waals surface area contributed by atoms with Crippen LogP contribution < -0.4 is 0 Å². The summed E-state index contributed by atoms with van der Waals surface area (Å²) in [5.74, 6) is -1.00. The number of aliphatic carboxylic acids is 1. The van der Waals surface area contributed by atoms with E-state index in [1.807, 2.05) is 24.0 Å². The van der Waals surface area contributed by atoms with E-state index >= 15 is 0 Å². The molecule has 5 heteroatoms. The Morgan fingerprint density at radius 2 is 2.04 bits per heavy atom. The molecular formula is C19H24N2O3. The first-order valence-corrected chi connectivity index (χ1v) is 8.58. The molecule has 0 aliphatic carbocycles. The van der Waals surface area contributed by atoms with E-state index in [2.05, 4.69) is 29.8 Å². The van der Waals surface area contributed by atoms with E-state index in [0.29, 0.717) is 25.9 Å². The average Bonchev–Trinajstić information content (AvgIpc) is 2.92. The van der Waals surface area contributed by atoms with E-state index in [1.54, 1.807) is 0 Å². The van der Waals surface area contributed by atoms with Crippen LogP contribution in [0, 0.1) is 11.8 Å². The number of carbonyl (C=O) groups is 2. The quantitative estimate of drug-likeness (QED) is 0.939. The van der Waals surface area contributed by atoms with Gasteiger partial charge >= 0.3 is 5.97 Å². The molecular weight excluding hydrogens is 304 g/mol. The number of hydrogen-bond acceptors (Lipinski definition) is 2. The molecule has 2 unspecified atom stereocenters. The lowest BCUT2D eigenvalue weighted by molar-refractivity contribution is -0.148. The smallest absolute Gasteiger partial charge is 0.306 e. The van der Waals surface area contributed by atoms with Gasteiger partial charge in [-0.25, -0.2) is 0 Å². The molecule has 1 N–H and O–H groups in total. The zero-order valence-electron chi connectivity index (χ0n) is 14.2. The molecule has 2 heterocycles. The summed E-state index contributed by atoms with van der Waals surface area (Å²) in [6.07, 6.45) is 2.98. The lowest BCUT2D eigenvalue weighted by Crippen LogP contribution is -2.45. The van der Waals surface area contributed by atoms with Crippen molar-refractivity contribution < 1.29 is 14.7 Å². The summed E-state index contributed by atoms with van der Waals surface area (Å²) in [4.78, 5) is 25.7. The van der Waals surface area contributed by atoms with Gasteiger partial charge in [0.05, 0.1) is 12.3 Å². The summed E-state index contributed by atoms with van der Waals surface area (Å²) in [7, 11) is 0. The van der Waals surface area contributed by atoms with Crippen molar-refractivity contribution in [3.63, 3.8) is 0 Å². The van der Waals surface area contributed by atoms with E-state index in [9.17, 15) is 14.7 Å². The largest absolute Gasteiger partial charge is 0.481 e. The number of aromatic nitrogens is 1. The van der Waals surface area contributed by atoms with Gasteiger partial charge in [-0.2, -0.15) is 0 Å². The maximum atomic E-state index is 12.7. The van der Waals surface area contributed by atoms with Gasteiger partial charge in [0, 0.05) is 36.7 Å². The van der Waals surface area contributed by atoms with Crippen molar-refractivity contribution >= 4 is 22.8 Å². The Balaban J connectivity index is 1.75. The van der Waals surface area contributed by atoms with Crippen LogP contribution in [0.15, 0.2) is 30.5 Å². The Bertz CT molecular complexity index is 765. The molecule has 1 aliphatic rings. The molecule has 24 heavy (non-hydrogen) atoms. The van der Waals surface area contributed by atoms with Crippen LogP contribution in [-0.2, 0) is 22.6 Å². The van der Waals surface area contributed by atoms with Gasteiger partial charge in [-0.15, -0.1) is 0 Å². The highest BCUT2D eigenvalue weighted by molar-refractivity contribution is 5.89. The minimum absolute atomic E-state index is 0.00261. The number of carboxylic acid groups (broad SMARTS) is 1. The van der Waals surface area contributed by atoms with Crippen LogP contribution in [0.2, 0.25) is 0 Å². The predicted molar refractivity (Wildman–Crippen MR) is 92.8 cm³/mol. The summed E-state index contributed by atoms with van der Waals surface area (Å²) in [5.41, 5.74) is 2.20. The highest BCUT2D eigenvalue weighted by Crippen LogP contribution is 2.26. The van der Waals surface area contributed by atoms with Crippen molar-refractivity contribution in [1.82, 2.24) is 9.47 Å².